The normalized spacial score (nSPS) is 58.3. The molecule has 0 aromatic heterocycles. The topological polar surface area (TPSA) is 26.3 Å². The Morgan fingerprint density at radius 1 is 0.957 bits per heavy atom. The van der Waals surface area contributed by atoms with Gasteiger partial charge >= 0.3 is 0 Å². The Morgan fingerprint density at radius 2 is 1.74 bits per heavy atom. The third-order valence-electron chi connectivity index (χ3n) is 9.66. The summed E-state index contributed by atoms with van der Waals surface area (Å²) in [5.41, 5.74) is 1.15. The second-order valence-electron chi connectivity index (χ2n) is 9.99. The van der Waals surface area contributed by atoms with Gasteiger partial charge in [-0.3, -0.25) is 4.79 Å². The Labute approximate surface area is 140 Å². The van der Waals surface area contributed by atoms with E-state index in [4.69, 9.17) is 4.74 Å². The highest BCUT2D eigenvalue weighted by Crippen LogP contribution is 2.70. The van der Waals surface area contributed by atoms with Gasteiger partial charge in [0.25, 0.3) is 0 Å². The average molecular weight is 316 g/mol. The molecule has 5 aliphatic rings. The maximum atomic E-state index is 12.0. The summed E-state index contributed by atoms with van der Waals surface area (Å²) >= 11 is 0. The maximum absolute atomic E-state index is 12.0. The molecule has 0 radical (unpaired) electrons. The van der Waals surface area contributed by atoms with E-state index in [0.29, 0.717) is 22.5 Å². The van der Waals surface area contributed by atoms with Gasteiger partial charge in [-0.25, -0.2) is 0 Å². The van der Waals surface area contributed by atoms with Crippen LogP contribution in [-0.2, 0) is 9.53 Å². The molecule has 128 valence electrons. The lowest BCUT2D eigenvalue weighted by Gasteiger charge is -2.62. The second-order valence-corrected chi connectivity index (χ2v) is 9.99. The highest BCUT2D eigenvalue weighted by molar-refractivity contribution is 5.79. The van der Waals surface area contributed by atoms with Gasteiger partial charge in [-0.2, -0.15) is 0 Å². The third kappa shape index (κ3) is 1.72. The molecule has 0 aromatic rings. The molecule has 4 saturated carbocycles. The van der Waals surface area contributed by atoms with Crippen molar-refractivity contribution in [1.29, 1.82) is 0 Å². The van der Waals surface area contributed by atoms with Crippen molar-refractivity contribution in [2.45, 2.75) is 83.7 Å². The highest BCUT2D eigenvalue weighted by Gasteiger charge is 2.66. The Bertz CT molecular complexity index is 536. The minimum atomic E-state index is 0.253. The first kappa shape index (κ1) is 14.9. The molecule has 4 aliphatic carbocycles. The number of carbonyl (C=O) groups excluding carboxylic acids is 1. The second kappa shape index (κ2) is 4.62. The quantitative estimate of drug-likeness (QED) is 0.644. The molecule has 0 bridgehead atoms. The zero-order valence-corrected chi connectivity index (χ0v) is 14.9. The molecular weight excluding hydrogens is 284 g/mol. The number of Topliss-reactive ketones (excluding diaryl/α,β-unsaturated/α-hetero) is 1. The summed E-state index contributed by atoms with van der Waals surface area (Å²) in [4.78, 5) is 12.0. The number of fused-ring (bicyclic) bond motifs is 6. The van der Waals surface area contributed by atoms with Crippen LogP contribution >= 0.6 is 0 Å². The standard InChI is InChI=1S/C21H32O2/c1-19-8-5-15(22)13-14(19)3-4-16-17(19)6-9-20(2)18(16)7-10-21(20)11-12-23-21/h14,16-18H,3-13H2,1-2H3/t14-,16-,17+,18-,19+,20+,21-/m1/s1. The molecule has 0 N–H and O–H groups in total. The molecule has 0 amide bonds. The van der Waals surface area contributed by atoms with Crippen LogP contribution in [0.2, 0.25) is 0 Å². The molecular formula is C21H32O2. The molecule has 2 nitrogen and oxygen atoms in total. The summed E-state index contributed by atoms with van der Waals surface area (Å²) in [5, 5.41) is 0. The summed E-state index contributed by atoms with van der Waals surface area (Å²) in [6, 6.07) is 0. The van der Waals surface area contributed by atoms with Gasteiger partial charge in [-0.05, 0) is 79.4 Å². The molecule has 7 atom stereocenters. The van der Waals surface area contributed by atoms with E-state index in [1.54, 1.807) is 0 Å². The molecule has 5 rings (SSSR count). The van der Waals surface area contributed by atoms with Crippen molar-refractivity contribution in [2.75, 3.05) is 6.61 Å². The molecule has 0 aromatic carbocycles. The molecule has 1 spiro atoms. The minimum absolute atomic E-state index is 0.253. The number of ketones is 1. The zero-order valence-electron chi connectivity index (χ0n) is 14.9. The molecule has 1 heterocycles. The van der Waals surface area contributed by atoms with Crippen LogP contribution < -0.4 is 0 Å². The van der Waals surface area contributed by atoms with Crippen LogP contribution in [-0.4, -0.2) is 18.0 Å². The molecule has 23 heavy (non-hydrogen) atoms. The van der Waals surface area contributed by atoms with Crippen LogP contribution in [0.25, 0.3) is 0 Å². The van der Waals surface area contributed by atoms with Crippen molar-refractivity contribution in [3.05, 3.63) is 0 Å². The van der Waals surface area contributed by atoms with E-state index < -0.39 is 0 Å². The van der Waals surface area contributed by atoms with Crippen LogP contribution in [0.15, 0.2) is 0 Å². The lowest BCUT2D eigenvalue weighted by atomic mass is 9.44. The first-order valence-corrected chi connectivity index (χ1v) is 10.1. The average Bonchev–Trinajstić information content (AvgIpc) is 2.81. The lowest BCUT2D eigenvalue weighted by Crippen LogP contribution is -2.60. The van der Waals surface area contributed by atoms with Crippen LogP contribution in [0.1, 0.15) is 78.1 Å². The van der Waals surface area contributed by atoms with Crippen molar-refractivity contribution in [3.8, 4) is 0 Å². The molecule has 1 saturated heterocycles. The number of carbonyl (C=O) groups is 1. The predicted octanol–water partition coefficient (Wildman–Crippen LogP) is 4.76. The Kier molecular flexibility index (Phi) is 3.00. The van der Waals surface area contributed by atoms with Crippen molar-refractivity contribution < 1.29 is 9.53 Å². The monoisotopic (exact) mass is 316 g/mol. The van der Waals surface area contributed by atoms with Gasteiger partial charge in [0.2, 0.25) is 0 Å². The van der Waals surface area contributed by atoms with Gasteiger partial charge in [-0.1, -0.05) is 13.8 Å². The van der Waals surface area contributed by atoms with E-state index in [0.717, 1.165) is 37.2 Å². The summed E-state index contributed by atoms with van der Waals surface area (Å²) in [5.74, 6) is 3.89. The third-order valence-corrected chi connectivity index (χ3v) is 9.66. The summed E-state index contributed by atoms with van der Waals surface area (Å²) < 4.78 is 6.23. The van der Waals surface area contributed by atoms with E-state index in [1.807, 2.05) is 0 Å². The van der Waals surface area contributed by atoms with Gasteiger partial charge in [0.05, 0.1) is 12.2 Å². The Hall–Kier alpha value is -0.370. The van der Waals surface area contributed by atoms with E-state index in [-0.39, 0.29) is 5.60 Å². The first-order chi connectivity index (χ1) is 11.0. The van der Waals surface area contributed by atoms with Crippen molar-refractivity contribution in [3.63, 3.8) is 0 Å². The van der Waals surface area contributed by atoms with E-state index in [2.05, 4.69) is 13.8 Å². The summed E-state index contributed by atoms with van der Waals surface area (Å²) in [6.45, 7) is 6.12. The lowest BCUT2D eigenvalue weighted by molar-refractivity contribution is -0.231. The van der Waals surface area contributed by atoms with Crippen molar-refractivity contribution in [2.24, 2.45) is 34.5 Å². The fourth-order valence-electron chi connectivity index (χ4n) is 8.13. The smallest absolute Gasteiger partial charge is 0.133 e. The van der Waals surface area contributed by atoms with Gasteiger partial charge < -0.3 is 4.74 Å². The minimum Gasteiger partial charge on any atom is -0.374 e. The zero-order chi connectivity index (χ0) is 15.9. The summed E-state index contributed by atoms with van der Waals surface area (Å²) in [7, 11) is 0. The Morgan fingerprint density at radius 3 is 2.48 bits per heavy atom. The highest BCUT2D eigenvalue weighted by atomic mass is 16.5. The summed E-state index contributed by atoms with van der Waals surface area (Å²) in [6.07, 6.45) is 12.4. The van der Waals surface area contributed by atoms with Crippen molar-refractivity contribution in [1.82, 2.24) is 0 Å². The predicted molar refractivity (Wildman–Crippen MR) is 90.0 cm³/mol. The van der Waals surface area contributed by atoms with Crippen LogP contribution in [0.5, 0.6) is 0 Å². The molecule has 1 aliphatic heterocycles. The molecule has 5 fully saturated rings. The number of ether oxygens (including phenoxy) is 1. The number of rotatable bonds is 0. The van der Waals surface area contributed by atoms with Crippen LogP contribution in [0, 0.1) is 34.5 Å². The maximum Gasteiger partial charge on any atom is 0.133 e. The van der Waals surface area contributed by atoms with Crippen LogP contribution in [0.4, 0.5) is 0 Å². The van der Waals surface area contributed by atoms with Gasteiger partial charge in [-0.15, -0.1) is 0 Å². The van der Waals surface area contributed by atoms with E-state index in [9.17, 15) is 4.79 Å². The molecule has 2 heteroatoms. The van der Waals surface area contributed by atoms with Gasteiger partial charge in [0, 0.05) is 19.3 Å². The number of hydrogen-bond acceptors (Lipinski definition) is 2. The fourth-order valence-corrected chi connectivity index (χ4v) is 8.13. The van der Waals surface area contributed by atoms with Gasteiger partial charge in [0.15, 0.2) is 0 Å². The van der Waals surface area contributed by atoms with Gasteiger partial charge in [0.1, 0.15) is 5.78 Å². The number of hydrogen-bond donors (Lipinski definition) is 0. The largest absolute Gasteiger partial charge is 0.374 e. The fraction of sp³-hybridized carbons (Fsp3) is 0.952. The molecule has 0 unspecified atom stereocenters. The first-order valence-electron chi connectivity index (χ1n) is 10.1. The SMILES string of the molecule is C[C@]12CCC(=O)C[C@H]1CC[C@H]1[C@H]3CC[C@@]4(CCO4)[C@@]3(C)CC[C@@H]12. The van der Waals surface area contributed by atoms with Crippen LogP contribution in [0.3, 0.4) is 0 Å². The van der Waals surface area contributed by atoms with E-state index in [1.165, 1.54) is 51.4 Å². The van der Waals surface area contributed by atoms with E-state index >= 15 is 0 Å². The Balaban J connectivity index is 1.46. The van der Waals surface area contributed by atoms with Crippen molar-refractivity contribution >= 4 is 5.78 Å².